The third kappa shape index (κ3) is 3.43. The molecule has 0 spiro atoms. The van der Waals surface area contributed by atoms with Crippen LogP contribution in [0.1, 0.15) is 91.4 Å². The summed E-state index contributed by atoms with van der Waals surface area (Å²) >= 11 is 0. The minimum absolute atomic E-state index is 0.0261. The van der Waals surface area contributed by atoms with Gasteiger partial charge >= 0.3 is 0 Å². The van der Waals surface area contributed by atoms with E-state index < -0.39 is 0 Å². The Labute approximate surface area is 166 Å². The Morgan fingerprint density at radius 1 is 0.963 bits per heavy atom. The van der Waals surface area contributed by atoms with E-state index in [4.69, 9.17) is 0 Å². The summed E-state index contributed by atoms with van der Waals surface area (Å²) in [5, 5.41) is 10.8. The van der Waals surface area contributed by atoms with Crippen LogP contribution in [0.15, 0.2) is 0 Å². The van der Waals surface area contributed by atoms with Gasteiger partial charge < -0.3 is 9.90 Å². The van der Waals surface area contributed by atoms with Gasteiger partial charge in [0.05, 0.1) is 6.10 Å². The zero-order chi connectivity index (χ0) is 19.2. The molecule has 2 nitrogen and oxygen atoms in total. The molecule has 0 bridgehead atoms. The van der Waals surface area contributed by atoms with E-state index in [1.165, 1.54) is 57.7 Å². The van der Waals surface area contributed by atoms with E-state index in [1.807, 2.05) is 0 Å². The van der Waals surface area contributed by atoms with Crippen molar-refractivity contribution in [2.45, 2.75) is 97.5 Å². The van der Waals surface area contributed by atoms with Gasteiger partial charge in [0, 0.05) is 5.41 Å². The van der Waals surface area contributed by atoms with E-state index >= 15 is 0 Å². The molecule has 154 valence electrons. The van der Waals surface area contributed by atoms with Crippen molar-refractivity contribution in [3.05, 3.63) is 0 Å². The number of carbonyl (C=O) groups excluding carboxylic acids is 1. The second-order valence-corrected chi connectivity index (χ2v) is 11.3. The quantitative estimate of drug-likeness (QED) is 0.611. The summed E-state index contributed by atoms with van der Waals surface area (Å²) in [7, 11) is 0. The molecule has 0 aromatic rings. The Bertz CT molecular complexity index is 528. The molecule has 0 radical (unpaired) electrons. The molecular weight excluding hydrogens is 332 g/mol. The Morgan fingerprint density at radius 3 is 2.37 bits per heavy atom. The fourth-order valence-corrected chi connectivity index (χ4v) is 8.49. The molecule has 9 atom stereocenters. The first-order valence-corrected chi connectivity index (χ1v) is 12.1. The third-order valence-electron chi connectivity index (χ3n) is 9.62. The van der Waals surface area contributed by atoms with Crippen LogP contribution in [0.25, 0.3) is 0 Å². The summed E-state index contributed by atoms with van der Waals surface area (Å²) in [4.78, 5) is 12.1. The normalized spacial score (nSPS) is 49.4. The molecule has 4 rings (SSSR count). The van der Waals surface area contributed by atoms with Crippen LogP contribution in [0.3, 0.4) is 0 Å². The lowest BCUT2D eigenvalue weighted by molar-refractivity contribution is -0.134. The molecule has 4 aliphatic carbocycles. The lowest BCUT2D eigenvalue weighted by Gasteiger charge is -2.57. The first-order chi connectivity index (χ1) is 13.0. The Hall–Kier alpha value is -0.370. The van der Waals surface area contributed by atoms with Crippen LogP contribution in [0, 0.1) is 52.8 Å². The Kier molecular flexibility index (Phi) is 5.76. The van der Waals surface area contributed by atoms with Crippen molar-refractivity contribution in [1.82, 2.24) is 0 Å². The largest absolute Gasteiger partial charge is 0.393 e. The molecule has 0 heterocycles. The zero-order valence-corrected chi connectivity index (χ0v) is 17.9. The van der Waals surface area contributed by atoms with Gasteiger partial charge in [0.15, 0.2) is 0 Å². The Balaban J connectivity index is 1.50. The first-order valence-electron chi connectivity index (χ1n) is 12.1. The summed E-state index contributed by atoms with van der Waals surface area (Å²) in [5.74, 6) is 5.91. The number of rotatable bonds is 5. The third-order valence-corrected chi connectivity index (χ3v) is 9.62. The highest BCUT2D eigenvalue weighted by Crippen LogP contribution is 2.64. The number of fused-ring (bicyclic) bond motifs is 5. The average molecular weight is 375 g/mol. The highest BCUT2D eigenvalue weighted by atomic mass is 16.3. The second-order valence-electron chi connectivity index (χ2n) is 11.3. The molecular formula is C25H42O2. The van der Waals surface area contributed by atoms with Gasteiger partial charge in [-0.15, -0.1) is 0 Å². The monoisotopic (exact) mass is 374 g/mol. The van der Waals surface area contributed by atoms with Crippen LogP contribution in [-0.2, 0) is 4.79 Å². The maximum Gasteiger partial charge on any atom is 0.126 e. The lowest BCUT2D eigenvalue weighted by atomic mass is 9.48. The van der Waals surface area contributed by atoms with Gasteiger partial charge in [-0.3, -0.25) is 0 Å². The molecule has 27 heavy (non-hydrogen) atoms. The highest BCUT2D eigenvalue weighted by molar-refractivity contribution is 5.61. The Morgan fingerprint density at radius 2 is 1.63 bits per heavy atom. The molecule has 1 N–H and O–H groups in total. The molecule has 0 amide bonds. The van der Waals surface area contributed by atoms with Crippen LogP contribution in [0.4, 0.5) is 0 Å². The fraction of sp³-hybridized carbons (Fsp3) is 0.960. The van der Waals surface area contributed by atoms with Crippen molar-refractivity contribution in [2.24, 2.45) is 52.8 Å². The molecule has 0 saturated heterocycles. The van der Waals surface area contributed by atoms with Crippen molar-refractivity contribution in [2.75, 3.05) is 0 Å². The second kappa shape index (κ2) is 7.81. The number of aliphatic hydroxyl groups excluding tert-OH is 1. The number of hydrogen-bond donors (Lipinski definition) is 1. The molecule has 0 aromatic heterocycles. The minimum atomic E-state index is -0.0574. The smallest absolute Gasteiger partial charge is 0.126 e. The van der Waals surface area contributed by atoms with Gasteiger partial charge in [-0.05, 0) is 105 Å². The van der Waals surface area contributed by atoms with Crippen LogP contribution in [-0.4, -0.2) is 17.5 Å². The van der Waals surface area contributed by atoms with E-state index in [9.17, 15) is 9.90 Å². The number of carbonyl (C=O) groups is 1. The summed E-state index contributed by atoms with van der Waals surface area (Å²) in [6.45, 7) is 7.05. The van der Waals surface area contributed by atoms with E-state index in [1.54, 1.807) is 0 Å². The molecule has 2 heteroatoms. The van der Waals surface area contributed by atoms with E-state index in [-0.39, 0.29) is 11.5 Å². The van der Waals surface area contributed by atoms with Gasteiger partial charge in [-0.25, -0.2) is 0 Å². The molecule has 0 aromatic carbocycles. The summed E-state index contributed by atoms with van der Waals surface area (Å²) in [5.41, 5.74) is 0.0261. The summed E-state index contributed by atoms with van der Waals surface area (Å²) < 4.78 is 0. The van der Waals surface area contributed by atoms with Crippen molar-refractivity contribution < 1.29 is 9.90 Å². The van der Waals surface area contributed by atoms with Crippen molar-refractivity contribution in [1.29, 1.82) is 0 Å². The highest BCUT2D eigenvalue weighted by Gasteiger charge is 2.58. The molecule has 4 aliphatic rings. The van der Waals surface area contributed by atoms with Crippen LogP contribution in [0.2, 0.25) is 0 Å². The first kappa shape index (κ1) is 19.9. The maximum absolute atomic E-state index is 12.1. The number of aldehydes is 1. The number of aliphatic hydroxyl groups is 1. The van der Waals surface area contributed by atoms with Gasteiger partial charge in [0.1, 0.15) is 6.29 Å². The average Bonchev–Trinajstić information content (AvgIpc) is 3.00. The fourth-order valence-electron chi connectivity index (χ4n) is 8.49. The summed E-state index contributed by atoms with van der Waals surface area (Å²) in [6.07, 6.45) is 14.9. The molecule has 9 unspecified atom stereocenters. The van der Waals surface area contributed by atoms with Gasteiger partial charge in [-0.1, -0.05) is 33.6 Å². The van der Waals surface area contributed by atoms with E-state index in [2.05, 4.69) is 20.8 Å². The van der Waals surface area contributed by atoms with E-state index in [0.717, 1.165) is 54.8 Å². The predicted molar refractivity (Wildman–Crippen MR) is 110 cm³/mol. The topological polar surface area (TPSA) is 37.3 Å². The van der Waals surface area contributed by atoms with Gasteiger partial charge in [0.2, 0.25) is 0 Å². The molecule has 4 fully saturated rings. The maximum atomic E-state index is 12.1. The van der Waals surface area contributed by atoms with Crippen LogP contribution >= 0.6 is 0 Å². The van der Waals surface area contributed by atoms with Crippen LogP contribution in [0.5, 0.6) is 0 Å². The standard InChI is InChI=1S/C25H42O2/c1-16(2)5-4-6-21-19-7-8-22-20(18(19)9-10-23(21)27)12-14-25(15-26)13-11-17(3)24(22)25/h15-24,27H,4-14H2,1-3H3. The van der Waals surface area contributed by atoms with Gasteiger partial charge in [0.25, 0.3) is 0 Å². The van der Waals surface area contributed by atoms with Crippen molar-refractivity contribution in [3.8, 4) is 0 Å². The SMILES string of the molecule is CC(C)CCCC1C(O)CCC2C1CCC1C2CCC2(C=O)CCC(C)C12. The lowest BCUT2D eigenvalue weighted by Crippen LogP contribution is -2.52. The van der Waals surface area contributed by atoms with Crippen LogP contribution < -0.4 is 0 Å². The van der Waals surface area contributed by atoms with Crippen molar-refractivity contribution in [3.63, 3.8) is 0 Å². The molecule has 0 aliphatic heterocycles. The van der Waals surface area contributed by atoms with E-state index in [0.29, 0.717) is 11.8 Å². The number of hydrogen-bond acceptors (Lipinski definition) is 2. The summed E-state index contributed by atoms with van der Waals surface area (Å²) in [6, 6.07) is 0. The van der Waals surface area contributed by atoms with Gasteiger partial charge in [-0.2, -0.15) is 0 Å². The predicted octanol–water partition coefficient (Wildman–Crippen LogP) is 5.87. The van der Waals surface area contributed by atoms with Crippen molar-refractivity contribution >= 4 is 6.29 Å². The molecule has 4 saturated carbocycles. The zero-order valence-electron chi connectivity index (χ0n) is 17.9. The minimum Gasteiger partial charge on any atom is -0.393 e.